The molecule has 1 aromatic carbocycles. The Balaban J connectivity index is 1.99. The van der Waals surface area contributed by atoms with E-state index in [4.69, 9.17) is 17.0 Å². The molecule has 0 aliphatic rings. The van der Waals surface area contributed by atoms with Crippen molar-refractivity contribution >= 4 is 33.8 Å². The molecule has 2 rings (SSSR count). The van der Waals surface area contributed by atoms with Crippen molar-refractivity contribution in [3.63, 3.8) is 0 Å². The number of nitrogens with zero attached hydrogens (tertiary/aromatic N) is 1. The van der Waals surface area contributed by atoms with Crippen LogP contribution < -0.4 is 10.6 Å². The predicted octanol–water partition coefficient (Wildman–Crippen LogP) is 2.56. The average molecular weight is 275 g/mol. The molecule has 0 aliphatic heterocycles. The van der Waals surface area contributed by atoms with E-state index in [2.05, 4.69) is 15.6 Å². The maximum absolute atomic E-state index is 5.27. The Morgan fingerprint density at radius 2 is 2.26 bits per heavy atom. The molecular formula is C14H17N3OS. The molecule has 1 heterocycles. The molecule has 0 atom stereocenters. The normalized spacial score (nSPS) is 10.4. The predicted molar refractivity (Wildman–Crippen MR) is 82.5 cm³/mol. The summed E-state index contributed by atoms with van der Waals surface area (Å²) in [6.07, 6.45) is 4.55. The quantitative estimate of drug-likeness (QED) is 0.648. The Kier molecular flexibility index (Phi) is 5.06. The number of hydrogen-bond donors (Lipinski definition) is 2. The molecule has 5 heteroatoms. The molecule has 0 aliphatic carbocycles. The van der Waals surface area contributed by atoms with Crippen molar-refractivity contribution in [1.29, 1.82) is 0 Å². The van der Waals surface area contributed by atoms with Crippen LogP contribution in [-0.4, -0.2) is 30.4 Å². The molecular weight excluding hydrogens is 258 g/mol. The molecule has 2 N–H and O–H groups in total. The van der Waals surface area contributed by atoms with Gasteiger partial charge in [-0.1, -0.05) is 12.1 Å². The monoisotopic (exact) mass is 275 g/mol. The van der Waals surface area contributed by atoms with Crippen molar-refractivity contribution < 1.29 is 4.74 Å². The lowest BCUT2D eigenvalue weighted by molar-refractivity contribution is 0.196. The first kappa shape index (κ1) is 13.7. The number of pyridine rings is 1. The fourth-order valence-electron chi connectivity index (χ4n) is 1.82. The van der Waals surface area contributed by atoms with Gasteiger partial charge in [-0.15, -0.1) is 0 Å². The van der Waals surface area contributed by atoms with E-state index in [9.17, 15) is 0 Å². The van der Waals surface area contributed by atoms with E-state index >= 15 is 0 Å². The molecule has 0 spiro atoms. The van der Waals surface area contributed by atoms with Crippen molar-refractivity contribution in [3.05, 3.63) is 36.7 Å². The number of aromatic nitrogens is 1. The van der Waals surface area contributed by atoms with Crippen LogP contribution in [0.2, 0.25) is 0 Å². The van der Waals surface area contributed by atoms with E-state index in [1.165, 1.54) is 0 Å². The molecule has 0 unspecified atom stereocenters. The van der Waals surface area contributed by atoms with Gasteiger partial charge >= 0.3 is 0 Å². The van der Waals surface area contributed by atoms with Gasteiger partial charge in [0.15, 0.2) is 5.11 Å². The van der Waals surface area contributed by atoms with Gasteiger partial charge < -0.3 is 15.4 Å². The molecule has 0 saturated heterocycles. The van der Waals surface area contributed by atoms with Gasteiger partial charge in [-0.05, 0) is 30.8 Å². The number of nitrogens with one attached hydrogen (secondary N) is 2. The molecule has 0 radical (unpaired) electrons. The average Bonchev–Trinajstić information content (AvgIpc) is 2.44. The largest absolute Gasteiger partial charge is 0.385 e. The number of ether oxygens (including phenoxy) is 1. The van der Waals surface area contributed by atoms with E-state index in [0.29, 0.717) is 5.11 Å². The fourth-order valence-corrected chi connectivity index (χ4v) is 2.03. The standard InChI is InChI=1S/C14H17N3OS/c1-18-9-3-7-16-14(19)17-13-5-2-4-11-10-15-8-6-12(11)13/h2,4-6,8,10H,3,7,9H2,1H3,(H2,16,17,19). The number of methoxy groups -OCH3 is 1. The molecule has 0 saturated carbocycles. The summed E-state index contributed by atoms with van der Waals surface area (Å²) < 4.78 is 4.99. The molecule has 0 fully saturated rings. The van der Waals surface area contributed by atoms with Crippen LogP contribution in [0.15, 0.2) is 36.7 Å². The third-order valence-corrected chi connectivity index (χ3v) is 2.99. The van der Waals surface area contributed by atoms with Crippen LogP contribution in [0.25, 0.3) is 10.8 Å². The van der Waals surface area contributed by atoms with Crippen LogP contribution >= 0.6 is 12.2 Å². The first-order valence-corrected chi connectivity index (χ1v) is 6.58. The summed E-state index contributed by atoms with van der Waals surface area (Å²) in [5.74, 6) is 0. The molecule has 2 aromatic rings. The van der Waals surface area contributed by atoms with E-state index in [0.717, 1.165) is 36.0 Å². The zero-order chi connectivity index (χ0) is 13.5. The molecule has 19 heavy (non-hydrogen) atoms. The van der Waals surface area contributed by atoms with E-state index in [1.54, 1.807) is 13.3 Å². The van der Waals surface area contributed by atoms with Gasteiger partial charge in [-0.3, -0.25) is 4.98 Å². The number of thiocarbonyl (C=S) groups is 1. The molecule has 1 aromatic heterocycles. The summed E-state index contributed by atoms with van der Waals surface area (Å²) in [6.45, 7) is 1.53. The van der Waals surface area contributed by atoms with Crippen LogP contribution in [0.5, 0.6) is 0 Å². The van der Waals surface area contributed by atoms with Crippen molar-refractivity contribution in [3.8, 4) is 0 Å². The van der Waals surface area contributed by atoms with Crippen molar-refractivity contribution in [2.45, 2.75) is 6.42 Å². The number of hydrogen-bond acceptors (Lipinski definition) is 3. The summed E-state index contributed by atoms with van der Waals surface area (Å²) in [5, 5.41) is 9.20. The second-order valence-electron chi connectivity index (χ2n) is 4.13. The van der Waals surface area contributed by atoms with Crippen LogP contribution in [0.4, 0.5) is 5.69 Å². The first-order valence-electron chi connectivity index (χ1n) is 6.18. The summed E-state index contributed by atoms with van der Waals surface area (Å²) in [5.41, 5.74) is 0.990. The highest BCUT2D eigenvalue weighted by molar-refractivity contribution is 7.80. The van der Waals surface area contributed by atoms with Gasteiger partial charge in [-0.25, -0.2) is 0 Å². The highest BCUT2D eigenvalue weighted by Crippen LogP contribution is 2.21. The third-order valence-electron chi connectivity index (χ3n) is 2.74. The minimum absolute atomic E-state index is 0.625. The topological polar surface area (TPSA) is 46.2 Å². The third kappa shape index (κ3) is 3.87. The van der Waals surface area contributed by atoms with Gasteiger partial charge in [0, 0.05) is 49.1 Å². The Morgan fingerprint density at radius 1 is 1.37 bits per heavy atom. The highest BCUT2D eigenvalue weighted by atomic mass is 32.1. The number of benzene rings is 1. The maximum Gasteiger partial charge on any atom is 0.170 e. The molecule has 100 valence electrons. The van der Waals surface area contributed by atoms with E-state index in [-0.39, 0.29) is 0 Å². The van der Waals surface area contributed by atoms with E-state index in [1.807, 2.05) is 30.5 Å². The lowest BCUT2D eigenvalue weighted by Gasteiger charge is -2.12. The fraction of sp³-hybridized carbons (Fsp3) is 0.286. The van der Waals surface area contributed by atoms with Gasteiger partial charge in [0.1, 0.15) is 0 Å². The zero-order valence-corrected chi connectivity index (χ0v) is 11.7. The van der Waals surface area contributed by atoms with Gasteiger partial charge in [0.05, 0.1) is 0 Å². The Bertz CT molecular complexity index is 554. The highest BCUT2D eigenvalue weighted by Gasteiger charge is 2.02. The Labute approximate surface area is 118 Å². The second kappa shape index (κ2) is 7.01. The van der Waals surface area contributed by atoms with Crippen molar-refractivity contribution in [2.75, 3.05) is 25.6 Å². The van der Waals surface area contributed by atoms with Crippen LogP contribution in [-0.2, 0) is 4.74 Å². The summed E-state index contributed by atoms with van der Waals surface area (Å²) >= 11 is 5.27. The lowest BCUT2D eigenvalue weighted by Crippen LogP contribution is -2.29. The van der Waals surface area contributed by atoms with Crippen LogP contribution in [0.1, 0.15) is 6.42 Å². The summed E-state index contributed by atoms with van der Waals surface area (Å²) in [4.78, 5) is 4.11. The minimum atomic E-state index is 0.625. The smallest absolute Gasteiger partial charge is 0.170 e. The van der Waals surface area contributed by atoms with Crippen molar-refractivity contribution in [2.24, 2.45) is 0 Å². The number of rotatable bonds is 5. The summed E-state index contributed by atoms with van der Waals surface area (Å²) in [7, 11) is 1.70. The van der Waals surface area contributed by atoms with E-state index < -0.39 is 0 Å². The van der Waals surface area contributed by atoms with Gasteiger partial charge in [0.25, 0.3) is 0 Å². The van der Waals surface area contributed by atoms with Crippen molar-refractivity contribution in [1.82, 2.24) is 10.3 Å². The SMILES string of the molecule is COCCCNC(=S)Nc1cccc2cnccc12. The first-order chi connectivity index (χ1) is 9.31. The van der Waals surface area contributed by atoms with Gasteiger partial charge in [-0.2, -0.15) is 0 Å². The number of fused-ring (bicyclic) bond motifs is 1. The van der Waals surface area contributed by atoms with Crippen LogP contribution in [0.3, 0.4) is 0 Å². The zero-order valence-electron chi connectivity index (χ0n) is 10.8. The molecule has 0 bridgehead atoms. The van der Waals surface area contributed by atoms with Crippen LogP contribution in [0, 0.1) is 0 Å². The Morgan fingerprint density at radius 3 is 3.11 bits per heavy atom. The molecule has 0 amide bonds. The van der Waals surface area contributed by atoms with Gasteiger partial charge in [0.2, 0.25) is 0 Å². The number of anilines is 1. The second-order valence-corrected chi connectivity index (χ2v) is 4.54. The Hall–Kier alpha value is -1.72. The summed E-state index contributed by atoms with van der Waals surface area (Å²) in [6, 6.07) is 8.00. The molecule has 4 nitrogen and oxygen atoms in total. The lowest BCUT2D eigenvalue weighted by atomic mass is 10.1. The minimum Gasteiger partial charge on any atom is -0.385 e. The maximum atomic E-state index is 5.27.